The van der Waals surface area contributed by atoms with Gasteiger partial charge in [-0.25, -0.2) is 0 Å². The van der Waals surface area contributed by atoms with Crippen molar-refractivity contribution in [1.29, 1.82) is 0 Å². The largest absolute Gasteiger partial charge is 0.493 e. The highest BCUT2D eigenvalue weighted by Crippen LogP contribution is 2.29. The van der Waals surface area contributed by atoms with Gasteiger partial charge in [-0.15, -0.1) is 24.0 Å². The number of nitrogens with one attached hydrogen (secondary N) is 1. The Morgan fingerprint density at radius 2 is 2.08 bits per heavy atom. The van der Waals surface area contributed by atoms with Crippen molar-refractivity contribution in [3.05, 3.63) is 18.2 Å². The number of morpholine rings is 1. The fourth-order valence-electron chi connectivity index (χ4n) is 2.87. The van der Waals surface area contributed by atoms with Gasteiger partial charge in [0.2, 0.25) is 0 Å². The number of anilines is 1. The first-order chi connectivity index (χ1) is 12.0. The predicted molar refractivity (Wildman–Crippen MR) is 116 cm³/mol. The van der Waals surface area contributed by atoms with Crippen molar-refractivity contribution in [3.63, 3.8) is 0 Å². The molecule has 0 bridgehead atoms. The number of guanidine groups is 1. The quantitative estimate of drug-likeness (QED) is 0.356. The molecule has 26 heavy (non-hydrogen) atoms. The number of nitrogens with zero attached hydrogens (tertiary/aromatic N) is 2. The van der Waals surface area contributed by atoms with Gasteiger partial charge in [-0.2, -0.15) is 0 Å². The zero-order valence-electron chi connectivity index (χ0n) is 16.0. The highest BCUT2D eigenvalue weighted by Gasteiger charge is 2.20. The van der Waals surface area contributed by atoms with Crippen LogP contribution >= 0.6 is 24.0 Å². The van der Waals surface area contributed by atoms with Gasteiger partial charge in [0, 0.05) is 31.4 Å². The van der Waals surface area contributed by atoms with E-state index in [4.69, 9.17) is 19.9 Å². The summed E-state index contributed by atoms with van der Waals surface area (Å²) < 4.78 is 16.3. The molecule has 1 saturated heterocycles. The van der Waals surface area contributed by atoms with Gasteiger partial charge in [-0.1, -0.05) is 13.8 Å². The average Bonchev–Trinajstić information content (AvgIpc) is 2.59. The monoisotopic (exact) mass is 478 g/mol. The lowest BCUT2D eigenvalue weighted by molar-refractivity contribution is -0.0261. The number of nitrogens with two attached hydrogens (primary N) is 1. The van der Waals surface area contributed by atoms with Crippen LogP contribution in [0.4, 0.5) is 5.69 Å². The highest BCUT2D eigenvalue weighted by atomic mass is 127. The van der Waals surface area contributed by atoms with Gasteiger partial charge in [0.15, 0.2) is 17.5 Å². The van der Waals surface area contributed by atoms with E-state index in [1.165, 1.54) is 0 Å². The van der Waals surface area contributed by atoms with Crippen molar-refractivity contribution in [2.45, 2.75) is 20.0 Å². The number of hydrogen-bond acceptors (Lipinski definition) is 5. The molecule has 1 aromatic carbocycles. The van der Waals surface area contributed by atoms with Crippen LogP contribution in [0.15, 0.2) is 23.2 Å². The Bertz CT molecular complexity index is 584. The van der Waals surface area contributed by atoms with Gasteiger partial charge in [0.05, 0.1) is 33.5 Å². The summed E-state index contributed by atoms with van der Waals surface area (Å²) in [7, 11) is 3.20. The number of hydrogen-bond donors (Lipinski definition) is 2. The number of methoxy groups -OCH3 is 2. The first-order valence-electron chi connectivity index (χ1n) is 8.64. The molecular weight excluding hydrogens is 447 g/mol. The molecule has 0 amide bonds. The third kappa shape index (κ3) is 7.16. The minimum absolute atomic E-state index is 0. The average molecular weight is 478 g/mol. The Labute approximate surface area is 173 Å². The van der Waals surface area contributed by atoms with E-state index in [0.29, 0.717) is 29.9 Å². The van der Waals surface area contributed by atoms with E-state index in [9.17, 15) is 0 Å². The van der Waals surface area contributed by atoms with E-state index in [-0.39, 0.29) is 30.1 Å². The number of benzene rings is 1. The van der Waals surface area contributed by atoms with Crippen molar-refractivity contribution < 1.29 is 14.2 Å². The standard InChI is InChI=1S/C18H30N4O3.HI/c1-13(2)11-22-7-8-25-15(12-22)10-20-18(19)21-14-5-6-16(23-3)17(9-14)24-4;/h5-6,9,13,15H,7-8,10-12H2,1-4H3,(H3,19,20,21);1H. The highest BCUT2D eigenvalue weighted by molar-refractivity contribution is 14.0. The molecule has 1 aliphatic rings. The van der Waals surface area contributed by atoms with Gasteiger partial charge in [-0.3, -0.25) is 9.89 Å². The second kappa shape index (κ2) is 11.5. The Kier molecular flexibility index (Phi) is 10.0. The second-order valence-corrected chi connectivity index (χ2v) is 6.57. The van der Waals surface area contributed by atoms with Gasteiger partial charge < -0.3 is 25.3 Å². The van der Waals surface area contributed by atoms with Gasteiger partial charge in [0.1, 0.15) is 0 Å². The number of rotatable bonds is 7. The molecule has 148 valence electrons. The molecule has 7 nitrogen and oxygen atoms in total. The molecule has 8 heteroatoms. The molecule has 0 saturated carbocycles. The van der Waals surface area contributed by atoms with Crippen molar-refractivity contribution >= 4 is 35.6 Å². The van der Waals surface area contributed by atoms with E-state index < -0.39 is 0 Å². The summed E-state index contributed by atoms with van der Waals surface area (Å²) in [5, 5.41) is 3.07. The van der Waals surface area contributed by atoms with Crippen LogP contribution in [-0.2, 0) is 4.74 Å². The molecular formula is C18H31IN4O3. The molecule has 1 unspecified atom stereocenters. The molecule has 0 spiro atoms. The molecule has 1 atom stereocenters. The number of aliphatic imine (C=N–C) groups is 1. The van der Waals surface area contributed by atoms with E-state index >= 15 is 0 Å². The van der Waals surface area contributed by atoms with Crippen molar-refractivity contribution in [1.82, 2.24) is 4.90 Å². The van der Waals surface area contributed by atoms with E-state index in [1.54, 1.807) is 14.2 Å². The maximum atomic E-state index is 6.00. The SMILES string of the molecule is COc1ccc(NC(N)=NCC2CN(CC(C)C)CCO2)cc1OC.I. The number of halogens is 1. The molecule has 0 radical (unpaired) electrons. The molecule has 1 aliphatic heterocycles. The predicted octanol–water partition coefficient (Wildman–Crippen LogP) is 2.41. The van der Waals surface area contributed by atoms with E-state index in [0.717, 1.165) is 31.9 Å². The van der Waals surface area contributed by atoms with Crippen LogP contribution in [0.2, 0.25) is 0 Å². The van der Waals surface area contributed by atoms with E-state index in [1.807, 2.05) is 18.2 Å². The van der Waals surface area contributed by atoms with Gasteiger partial charge in [0.25, 0.3) is 0 Å². The van der Waals surface area contributed by atoms with Crippen molar-refractivity contribution in [3.8, 4) is 11.5 Å². The Morgan fingerprint density at radius 3 is 2.73 bits per heavy atom. The first kappa shape index (κ1) is 22.8. The van der Waals surface area contributed by atoms with Crippen LogP contribution < -0.4 is 20.5 Å². The first-order valence-corrected chi connectivity index (χ1v) is 8.64. The van der Waals surface area contributed by atoms with Crippen LogP contribution in [0, 0.1) is 5.92 Å². The summed E-state index contributed by atoms with van der Waals surface area (Å²) in [6, 6.07) is 5.51. The zero-order chi connectivity index (χ0) is 18.2. The maximum absolute atomic E-state index is 6.00. The summed E-state index contributed by atoms with van der Waals surface area (Å²) in [6.45, 7) is 8.71. The van der Waals surface area contributed by atoms with Gasteiger partial charge >= 0.3 is 0 Å². The fourth-order valence-corrected chi connectivity index (χ4v) is 2.87. The van der Waals surface area contributed by atoms with E-state index in [2.05, 4.69) is 29.1 Å². The minimum atomic E-state index is 0. The summed E-state index contributed by atoms with van der Waals surface area (Å²) in [4.78, 5) is 6.84. The molecule has 1 fully saturated rings. The van der Waals surface area contributed by atoms with Crippen LogP contribution in [0.3, 0.4) is 0 Å². The summed E-state index contributed by atoms with van der Waals surface area (Å²) in [5.41, 5.74) is 6.79. The van der Waals surface area contributed by atoms with Crippen molar-refractivity contribution in [2.24, 2.45) is 16.6 Å². The lowest BCUT2D eigenvalue weighted by Crippen LogP contribution is -2.45. The maximum Gasteiger partial charge on any atom is 0.193 e. The molecule has 1 aromatic rings. The van der Waals surface area contributed by atoms with Crippen LogP contribution in [-0.4, -0.2) is 64.0 Å². The summed E-state index contributed by atoms with van der Waals surface area (Å²) >= 11 is 0. The van der Waals surface area contributed by atoms with Crippen LogP contribution in [0.5, 0.6) is 11.5 Å². The summed E-state index contributed by atoms with van der Waals surface area (Å²) in [5.74, 6) is 2.32. The molecule has 1 heterocycles. The van der Waals surface area contributed by atoms with Crippen LogP contribution in [0.1, 0.15) is 13.8 Å². The Balaban J connectivity index is 0.00000338. The topological polar surface area (TPSA) is 81.3 Å². The minimum Gasteiger partial charge on any atom is -0.493 e. The molecule has 2 rings (SSSR count). The third-order valence-electron chi connectivity index (χ3n) is 3.97. The Morgan fingerprint density at radius 1 is 1.35 bits per heavy atom. The molecule has 3 N–H and O–H groups in total. The van der Waals surface area contributed by atoms with Crippen LogP contribution in [0.25, 0.3) is 0 Å². The lowest BCUT2D eigenvalue weighted by atomic mass is 10.2. The fraction of sp³-hybridized carbons (Fsp3) is 0.611. The van der Waals surface area contributed by atoms with Crippen molar-refractivity contribution in [2.75, 3.05) is 52.3 Å². The lowest BCUT2D eigenvalue weighted by Gasteiger charge is -2.33. The summed E-state index contributed by atoms with van der Waals surface area (Å²) in [6.07, 6.45) is 0.0817. The normalized spacial score (nSPS) is 18.3. The molecule has 0 aliphatic carbocycles. The third-order valence-corrected chi connectivity index (χ3v) is 3.97. The van der Waals surface area contributed by atoms with Gasteiger partial charge in [-0.05, 0) is 18.1 Å². The number of ether oxygens (including phenoxy) is 3. The molecule has 0 aromatic heterocycles. The smallest absolute Gasteiger partial charge is 0.193 e. The zero-order valence-corrected chi connectivity index (χ0v) is 18.4. The Hall–Kier alpha value is -1.26. The second-order valence-electron chi connectivity index (χ2n) is 6.57.